The number of thiophene rings is 1. The maximum atomic E-state index is 12.3. The molecule has 0 aliphatic heterocycles. The first-order valence-electron chi connectivity index (χ1n) is 7.33. The van der Waals surface area contributed by atoms with Crippen molar-refractivity contribution in [3.8, 4) is 0 Å². The lowest BCUT2D eigenvalue weighted by Crippen LogP contribution is -2.54. The Morgan fingerprint density at radius 2 is 1.87 bits per heavy atom. The van der Waals surface area contributed by atoms with Crippen molar-refractivity contribution in [1.29, 1.82) is 0 Å². The minimum atomic E-state index is -3.77. The third-order valence-electron chi connectivity index (χ3n) is 3.09. The van der Waals surface area contributed by atoms with Crippen LogP contribution in [0.2, 0.25) is 0 Å². The van der Waals surface area contributed by atoms with Crippen LogP contribution in [0.5, 0.6) is 0 Å². The first-order valence-corrected chi connectivity index (χ1v) is 9.69. The second kappa shape index (κ2) is 8.42. The number of hydrogen-bond donors (Lipinski definition) is 3. The molecule has 2 amide bonds. The zero-order valence-electron chi connectivity index (χ0n) is 13.6. The number of rotatable bonds is 8. The van der Waals surface area contributed by atoms with Gasteiger partial charge in [0.25, 0.3) is 10.0 Å². The van der Waals surface area contributed by atoms with Crippen LogP contribution in [0.1, 0.15) is 27.7 Å². The van der Waals surface area contributed by atoms with E-state index < -0.39 is 28.0 Å². The largest absolute Gasteiger partial charge is 0.355 e. The highest BCUT2D eigenvalue weighted by Gasteiger charge is 2.30. The summed E-state index contributed by atoms with van der Waals surface area (Å²) in [7, 11) is -3.77. The summed E-state index contributed by atoms with van der Waals surface area (Å²) >= 11 is 1.07. The molecule has 7 nitrogen and oxygen atoms in total. The lowest BCUT2D eigenvalue weighted by molar-refractivity contribution is -0.129. The second-order valence-electron chi connectivity index (χ2n) is 5.40. The highest BCUT2D eigenvalue weighted by molar-refractivity contribution is 7.91. The maximum absolute atomic E-state index is 12.3. The number of carbonyl (C=O) groups is 2. The van der Waals surface area contributed by atoms with Crippen molar-refractivity contribution in [2.45, 2.75) is 44.0 Å². The fraction of sp³-hybridized carbons (Fsp3) is 0.571. The van der Waals surface area contributed by atoms with E-state index in [2.05, 4.69) is 15.4 Å². The van der Waals surface area contributed by atoms with E-state index in [1.54, 1.807) is 39.1 Å². The van der Waals surface area contributed by atoms with Gasteiger partial charge in [-0.2, -0.15) is 4.72 Å². The van der Waals surface area contributed by atoms with Gasteiger partial charge in [-0.3, -0.25) is 9.59 Å². The Hall–Kier alpha value is -1.45. The van der Waals surface area contributed by atoms with E-state index in [1.165, 1.54) is 6.07 Å². The second-order valence-corrected chi connectivity index (χ2v) is 8.29. The molecule has 0 spiro atoms. The molecule has 130 valence electrons. The fourth-order valence-electron chi connectivity index (χ4n) is 1.83. The molecular formula is C14H23N3O4S2. The van der Waals surface area contributed by atoms with E-state index in [1.807, 2.05) is 0 Å². The summed E-state index contributed by atoms with van der Waals surface area (Å²) < 4.78 is 27.1. The average molecular weight is 361 g/mol. The molecule has 2 atom stereocenters. The van der Waals surface area contributed by atoms with Gasteiger partial charge in [-0.05, 0) is 31.2 Å². The summed E-state index contributed by atoms with van der Waals surface area (Å²) in [5, 5.41) is 6.79. The summed E-state index contributed by atoms with van der Waals surface area (Å²) in [4.78, 5) is 24.0. The summed E-state index contributed by atoms with van der Waals surface area (Å²) in [6.07, 6.45) is 0. The minimum absolute atomic E-state index is 0.146. The van der Waals surface area contributed by atoms with E-state index in [-0.39, 0.29) is 16.0 Å². The molecule has 1 aromatic rings. The number of carbonyl (C=O) groups excluding carboxylic acids is 2. The van der Waals surface area contributed by atoms with Gasteiger partial charge >= 0.3 is 0 Å². The highest BCUT2D eigenvalue weighted by Crippen LogP contribution is 2.17. The number of nitrogens with one attached hydrogen (secondary N) is 3. The molecule has 0 unspecified atom stereocenters. The van der Waals surface area contributed by atoms with Gasteiger partial charge in [-0.15, -0.1) is 11.3 Å². The number of sulfonamides is 1. The van der Waals surface area contributed by atoms with Gasteiger partial charge in [0.1, 0.15) is 16.3 Å². The average Bonchev–Trinajstić information content (AvgIpc) is 2.99. The molecule has 0 saturated heterocycles. The van der Waals surface area contributed by atoms with Crippen molar-refractivity contribution in [3.63, 3.8) is 0 Å². The van der Waals surface area contributed by atoms with Gasteiger partial charge in [0, 0.05) is 6.54 Å². The molecule has 0 radical (unpaired) electrons. The summed E-state index contributed by atoms with van der Waals surface area (Å²) in [5.41, 5.74) is 0. The van der Waals surface area contributed by atoms with E-state index >= 15 is 0 Å². The Kier molecular flexibility index (Phi) is 7.17. The van der Waals surface area contributed by atoms with Gasteiger partial charge < -0.3 is 10.6 Å². The Balaban J connectivity index is 2.82. The quantitative estimate of drug-likeness (QED) is 0.634. The van der Waals surface area contributed by atoms with Crippen LogP contribution in [0.25, 0.3) is 0 Å². The van der Waals surface area contributed by atoms with Crippen LogP contribution in [-0.2, 0) is 19.6 Å². The maximum Gasteiger partial charge on any atom is 0.250 e. The number of hydrogen-bond acceptors (Lipinski definition) is 5. The van der Waals surface area contributed by atoms with Crippen molar-refractivity contribution in [3.05, 3.63) is 17.5 Å². The van der Waals surface area contributed by atoms with Crippen LogP contribution in [0.4, 0.5) is 0 Å². The van der Waals surface area contributed by atoms with Crippen LogP contribution < -0.4 is 15.4 Å². The first-order chi connectivity index (χ1) is 10.7. The third kappa shape index (κ3) is 5.60. The normalized spacial score (nSPS) is 14.3. The van der Waals surface area contributed by atoms with Crippen molar-refractivity contribution in [1.82, 2.24) is 15.4 Å². The van der Waals surface area contributed by atoms with Gasteiger partial charge in [-0.25, -0.2) is 8.42 Å². The Morgan fingerprint density at radius 3 is 2.35 bits per heavy atom. The van der Waals surface area contributed by atoms with Crippen molar-refractivity contribution < 1.29 is 18.0 Å². The lowest BCUT2D eigenvalue weighted by atomic mass is 10.0. The van der Waals surface area contributed by atoms with Crippen LogP contribution in [0.15, 0.2) is 21.7 Å². The molecule has 0 saturated carbocycles. The SMILES string of the molecule is CCNC(=O)[C@@H](C)NC(=O)[C@@H](NS(=O)(=O)c1cccs1)C(C)C. The lowest BCUT2D eigenvalue weighted by Gasteiger charge is -2.23. The van der Waals surface area contributed by atoms with Crippen LogP contribution in [0.3, 0.4) is 0 Å². The monoisotopic (exact) mass is 361 g/mol. The molecule has 23 heavy (non-hydrogen) atoms. The van der Waals surface area contributed by atoms with E-state index in [4.69, 9.17) is 0 Å². The summed E-state index contributed by atoms with van der Waals surface area (Å²) in [5.74, 6) is -1.12. The van der Waals surface area contributed by atoms with Gasteiger partial charge in [-0.1, -0.05) is 19.9 Å². The highest BCUT2D eigenvalue weighted by atomic mass is 32.2. The molecule has 0 bridgehead atoms. The van der Waals surface area contributed by atoms with E-state index in [0.717, 1.165) is 11.3 Å². The van der Waals surface area contributed by atoms with Crippen LogP contribution in [0, 0.1) is 5.92 Å². The molecule has 1 heterocycles. The Labute approximate surface area is 140 Å². The molecule has 1 rings (SSSR count). The first kappa shape index (κ1) is 19.6. The van der Waals surface area contributed by atoms with Gasteiger partial charge in [0.05, 0.1) is 0 Å². The topological polar surface area (TPSA) is 104 Å². The van der Waals surface area contributed by atoms with Gasteiger partial charge in [0.15, 0.2) is 0 Å². The molecule has 0 aromatic carbocycles. The van der Waals surface area contributed by atoms with Crippen molar-refractivity contribution >= 4 is 33.2 Å². The van der Waals surface area contributed by atoms with Crippen molar-refractivity contribution in [2.24, 2.45) is 5.92 Å². The fourth-order valence-corrected chi connectivity index (χ4v) is 4.18. The van der Waals surface area contributed by atoms with Crippen molar-refractivity contribution in [2.75, 3.05) is 6.54 Å². The molecule has 0 fully saturated rings. The molecule has 3 N–H and O–H groups in total. The predicted molar refractivity (Wildman–Crippen MR) is 89.6 cm³/mol. The van der Waals surface area contributed by atoms with E-state index in [9.17, 15) is 18.0 Å². The molecule has 0 aliphatic carbocycles. The smallest absolute Gasteiger partial charge is 0.250 e. The zero-order valence-corrected chi connectivity index (χ0v) is 15.3. The molecule has 0 aliphatic rings. The number of likely N-dealkylation sites (N-methyl/N-ethyl adjacent to an activating group) is 1. The Bertz CT molecular complexity index is 626. The predicted octanol–water partition coefficient (Wildman–Crippen LogP) is 0.692. The van der Waals surface area contributed by atoms with E-state index in [0.29, 0.717) is 6.54 Å². The Morgan fingerprint density at radius 1 is 1.22 bits per heavy atom. The molecular weight excluding hydrogens is 338 g/mol. The standard InChI is InChI=1S/C14H23N3O4S2/c1-5-15-13(18)10(4)16-14(19)12(9(2)3)17-23(20,21)11-7-6-8-22-11/h6-10,12,17H,5H2,1-4H3,(H,15,18)(H,16,19)/t10-,12+/m1/s1. The third-order valence-corrected chi connectivity index (χ3v) is 5.93. The molecule has 9 heteroatoms. The van der Waals surface area contributed by atoms with Crippen LogP contribution >= 0.6 is 11.3 Å². The summed E-state index contributed by atoms with van der Waals surface area (Å²) in [6.45, 7) is 7.25. The summed E-state index contributed by atoms with van der Waals surface area (Å²) in [6, 6.07) is 1.40. The van der Waals surface area contributed by atoms with Gasteiger partial charge in [0.2, 0.25) is 11.8 Å². The molecule has 1 aromatic heterocycles. The zero-order chi connectivity index (χ0) is 17.6. The number of amides is 2. The minimum Gasteiger partial charge on any atom is -0.355 e. The van der Waals surface area contributed by atoms with Crippen LogP contribution in [-0.4, -0.2) is 38.9 Å².